The van der Waals surface area contributed by atoms with E-state index in [4.69, 9.17) is 0 Å². The average Bonchev–Trinajstić information content (AvgIpc) is 3.02. The molecule has 1 atom stereocenters. The van der Waals surface area contributed by atoms with E-state index in [1.165, 1.54) is 16.0 Å². The van der Waals surface area contributed by atoms with Gasteiger partial charge in [-0.2, -0.15) is 0 Å². The zero-order chi connectivity index (χ0) is 15.9. The average molecular weight is 316 g/mol. The Kier molecular flexibility index (Phi) is 6.16. The van der Waals surface area contributed by atoms with Gasteiger partial charge in [0.25, 0.3) is 0 Å². The molecular formula is C18H24N2OS. The van der Waals surface area contributed by atoms with Crippen LogP contribution >= 0.6 is 11.3 Å². The van der Waals surface area contributed by atoms with E-state index in [1.54, 1.807) is 11.3 Å². The van der Waals surface area contributed by atoms with Gasteiger partial charge in [-0.3, -0.25) is 9.69 Å². The molecule has 1 aromatic carbocycles. The lowest BCUT2D eigenvalue weighted by molar-refractivity contribution is -0.122. The summed E-state index contributed by atoms with van der Waals surface area (Å²) in [5.41, 5.74) is 2.58. The summed E-state index contributed by atoms with van der Waals surface area (Å²) >= 11 is 1.67. The molecule has 0 fully saturated rings. The fourth-order valence-corrected chi connectivity index (χ4v) is 3.12. The molecule has 1 aromatic heterocycles. The molecule has 1 heterocycles. The van der Waals surface area contributed by atoms with E-state index in [-0.39, 0.29) is 11.9 Å². The summed E-state index contributed by atoms with van der Waals surface area (Å²) in [5.74, 6) is 0.0635. The molecule has 0 saturated carbocycles. The standard InChI is InChI=1S/C18H24N2OS/c1-4-15-7-9-16(10-8-15)12-20(3)13-18(21)19-14(2)17-6-5-11-22-17/h5-11,14H,4,12-13H2,1-3H3,(H,19,21)/t14-/m0/s1. The van der Waals surface area contributed by atoms with Crippen LogP contribution in [0.2, 0.25) is 0 Å². The third-order valence-corrected chi connectivity index (χ3v) is 4.70. The highest BCUT2D eigenvalue weighted by Crippen LogP contribution is 2.17. The Morgan fingerprint density at radius 2 is 1.91 bits per heavy atom. The Morgan fingerprint density at radius 3 is 2.50 bits per heavy atom. The Morgan fingerprint density at radius 1 is 1.23 bits per heavy atom. The molecule has 4 heteroatoms. The second kappa shape index (κ2) is 8.11. The van der Waals surface area contributed by atoms with Crippen LogP contribution in [0.1, 0.15) is 35.9 Å². The molecule has 0 spiro atoms. The van der Waals surface area contributed by atoms with Gasteiger partial charge in [0.1, 0.15) is 0 Å². The third-order valence-electron chi connectivity index (χ3n) is 3.64. The maximum Gasteiger partial charge on any atom is 0.234 e. The molecule has 0 aliphatic carbocycles. The number of thiophene rings is 1. The van der Waals surface area contributed by atoms with Gasteiger partial charge in [-0.05, 0) is 43.0 Å². The molecule has 118 valence electrons. The fraction of sp³-hybridized carbons (Fsp3) is 0.389. The summed E-state index contributed by atoms with van der Waals surface area (Å²) in [6, 6.07) is 12.7. The second-order valence-electron chi connectivity index (χ2n) is 5.65. The molecule has 0 aliphatic heterocycles. The number of amides is 1. The van der Waals surface area contributed by atoms with Crippen LogP contribution in [0.25, 0.3) is 0 Å². The Hall–Kier alpha value is -1.65. The van der Waals surface area contributed by atoms with Crippen molar-refractivity contribution in [3.8, 4) is 0 Å². The van der Waals surface area contributed by atoms with Crippen molar-refractivity contribution in [1.29, 1.82) is 0 Å². The van der Waals surface area contributed by atoms with Crippen molar-refractivity contribution < 1.29 is 4.79 Å². The number of carbonyl (C=O) groups excluding carboxylic acids is 1. The quantitative estimate of drug-likeness (QED) is 0.846. The van der Waals surface area contributed by atoms with Gasteiger partial charge in [0.15, 0.2) is 0 Å². The molecule has 0 saturated heterocycles. The molecule has 0 radical (unpaired) electrons. The van der Waals surface area contributed by atoms with Gasteiger partial charge in [-0.1, -0.05) is 37.3 Å². The summed E-state index contributed by atoms with van der Waals surface area (Å²) in [6.07, 6.45) is 1.05. The fourth-order valence-electron chi connectivity index (χ4n) is 2.39. The van der Waals surface area contributed by atoms with E-state index >= 15 is 0 Å². The summed E-state index contributed by atoms with van der Waals surface area (Å²) in [5, 5.41) is 5.08. The Bertz CT molecular complexity index is 578. The number of carbonyl (C=O) groups is 1. The maximum absolute atomic E-state index is 12.1. The number of aryl methyl sites for hydroxylation is 1. The summed E-state index contributed by atoms with van der Waals surface area (Å²) < 4.78 is 0. The van der Waals surface area contributed by atoms with Gasteiger partial charge in [0, 0.05) is 11.4 Å². The summed E-state index contributed by atoms with van der Waals surface area (Å²) in [7, 11) is 1.98. The minimum atomic E-state index is 0.0635. The molecule has 1 N–H and O–H groups in total. The Balaban J connectivity index is 1.80. The van der Waals surface area contributed by atoms with Gasteiger partial charge in [0.05, 0.1) is 12.6 Å². The molecule has 2 rings (SSSR count). The van der Waals surface area contributed by atoms with Crippen molar-refractivity contribution in [1.82, 2.24) is 10.2 Å². The van der Waals surface area contributed by atoms with Crippen molar-refractivity contribution >= 4 is 17.2 Å². The topological polar surface area (TPSA) is 32.3 Å². The van der Waals surface area contributed by atoms with Crippen LogP contribution in [0, 0.1) is 0 Å². The minimum Gasteiger partial charge on any atom is -0.348 e. The summed E-state index contributed by atoms with van der Waals surface area (Å²) in [4.78, 5) is 15.3. The van der Waals surface area contributed by atoms with Crippen molar-refractivity contribution in [2.75, 3.05) is 13.6 Å². The monoisotopic (exact) mass is 316 g/mol. The largest absolute Gasteiger partial charge is 0.348 e. The van der Waals surface area contributed by atoms with Crippen LogP contribution < -0.4 is 5.32 Å². The number of likely N-dealkylation sites (N-methyl/N-ethyl adjacent to an activating group) is 1. The van der Waals surface area contributed by atoms with Crippen LogP contribution in [0.5, 0.6) is 0 Å². The van der Waals surface area contributed by atoms with Crippen molar-refractivity contribution in [3.05, 3.63) is 57.8 Å². The van der Waals surface area contributed by atoms with Crippen LogP contribution in [-0.4, -0.2) is 24.4 Å². The number of hydrogen-bond donors (Lipinski definition) is 1. The summed E-state index contributed by atoms with van der Waals surface area (Å²) in [6.45, 7) is 5.36. The van der Waals surface area contributed by atoms with Crippen molar-refractivity contribution in [2.24, 2.45) is 0 Å². The predicted molar refractivity (Wildman–Crippen MR) is 93.0 cm³/mol. The number of benzene rings is 1. The van der Waals surface area contributed by atoms with Gasteiger partial charge in [-0.25, -0.2) is 0 Å². The zero-order valence-electron chi connectivity index (χ0n) is 13.5. The number of nitrogens with zero attached hydrogens (tertiary/aromatic N) is 1. The first kappa shape index (κ1) is 16.7. The first-order chi connectivity index (χ1) is 10.6. The lowest BCUT2D eigenvalue weighted by atomic mass is 10.1. The maximum atomic E-state index is 12.1. The van der Waals surface area contributed by atoms with Gasteiger partial charge < -0.3 is 5.32 Å². The highest BCUT2D eigenvalue weighted by atomic mass is 32.1. The number of hydrogen-bond acceptors (Lipinski definition) is 3. The first-order valence-corrected chi connectivity index (χ1v) is 8.55. The SMILES string of the molecule is CCc1ccc(CN(C)CC(=O)N[C@@H](C)c2cccs2)cc1. The van der Waals surface area contributed by atoms with Gasteiger partial charge in [-0.15, -0.1) is 11.3 Å². The van der Waals surface area contributed by atoms with E-state index in [9.17, 15) is 4.79 Å². The van der Waals surface area contributed by atoms with E-state index in [0.29, 0.717) is 6.54 Å². The van der Waals surface area contributed by atoms with Crippen molar-refractivity contribution in [2.45, 2.75) is 32.9 Å². The van der Waals surface area contributed by atoms with E-state index in [2.05, 4.69) is 42.6 Å². The predicted octanol–water partition coefficient (Wildman–Crippen LogP) is 3.62. The molecule has 22 heavy (non-hydrogen) atoms. The Labute approximate surface area is 137 Å². The second-order valence-corrected chi connectivity index (χ2v) is 6.63. The van der Waals surface area contributed by atoms with Crippen LogP contribution in [0.4, 0.5) is 0 Å². The highest BCUT2D eigenvalue weighted by Gasteiger charge is 2.12. The van der Waals surface area contributed by atoms with Gasteiger partial charge in [0.2, 0.25) is 5.91 Å². The number of rotatable bonds is 7. The van der Waals surface area contributed by atoms with Gasteiger partial charge >= 0.3 is 0 Å². The molecule has 0 bridgehead atoms. The first-order valence-electron chi connectivity index (χ1n) is 7.67. The van der Waals surface area contributed by atoms with Crippen LogP contribution in [0.3, 0.4) is 0 Å². The number of nitrogens with one attached hydrogen (secondary N) is 1. The van der Waals surface area contributed by atoms with E-state index in [0.717, 1.165) is 13.0 Å². The lowest BCUT2D eigenvalue weighted by Crippen LogP contribution is -2.36. The third kappa shape index (κ3) is 4.97. The smallest absolute Gasteiger partial charge is 0.234 e. The zero-order valence-corrected chi connectivity index (χ0v) is 14.3. The van der Waals surface area contributed by atoms with Crippen LogP contribution in [-0.2, 0) is 17.8 Å². The minimum absolute atomic E-state index is 0.0635. The van der Waals surface area contributed by atoms with Crippen LogP contribution in [0.15, 0.2) is 41.8 Å². The highest BCUT2D eigenvalue weighted by molar-refractivity contribution is 7.10. The lowest BCUT2D eigenvalue weighted by Gasteiger charge is -2.18. The molecule has 0 unspecified atom stereocenters. The molecule has 1 amide bonds. The molecule has 0 aliphatic rings. The van der Waals surface area contributed by atoms with Crippen molar-refractivity contribution in [3.63, 3.8) is 0 Å². The van der Waals surface area contributed by atoms with E-state index < -0.39 is 0 Å². The van der Waals surface area contributed by atoms with E-state index in [1.807, 2.05) is 30.3 Å². The molecule has 2 aromatic rings. The molecular weight excluding hydrogens is 292 g/mol. The normalized spacial score (nSPS) is 12.4. The molecule has 3 nitrogen and oxygen atoms in total.